The maximum absolute atomic E-state index is 5.80. The molecule has 1 aromatic heterocycles. The van der Waals surface area contributed by atoms with Gasteiger partial charge >= 0.3 is 0 Å². The summed E-state index contributed by atoms with van der Waals surface area (Å²) in [5.41, 5.74) is 9.94. The number of H-pyrrole nitrogens is 1. The molecule has 1 aromatic carbocycles. The highest BCUT2D eigenvalue weighted by Gasteiger charge is 2.19. The Morgan fingerprint density at radius 3 is 2.55 bits per heavy atom. The van der Waals surface area contributed by atoms with E-state index in [1.807, 2.05) is 13.0 Å². The van der Waals surface area contributed by atoms with Gasteiger partial charge < -0.3 is 15.5 Å². The number of aryl methyl sites for hydroxylation is 1. The second kappa shape index (κ2) is 5.29. The number of hydrogen-bond acceptors (Lipinski definition) is 3. The third-order valence-corrected chi connectivity index (χ3v) is 3.42. The van der Waals surface area contributed by atoms with E-state index >= 15 is 0 Å². The molecule has 0 aliphatic rings. The Balaban J connectivity index is 2.64. The number of aromatic amines is 1. The monoisotopic (exact) mass is 273 g/mol. The fraction of sp³-hybridized carbons (Fsp3) is 0.438. The summed E-state index contributed by atoms with van der Waals surface area (Å²) in [5, 5.41) is 0. The van der Waals surface area contributed by atoms with Crippen LogP contribution in [0.5, 0.6) is 5.75 Å². The standard InChI is InChI=1S/C16H23N3O/c1-10-18-13(9-17)15(19-10)12-8-11(16(2,3)4)6-7-14(12)20-5/h6-8H,9,17H2,1-5H3,(H,18,19). The lowest BCUT2D eigenvalue weighted by Crippen LogP contribution is -2.11. The summed E-state index contributed by atoms with van der Waals surface area (Å²) in [4.78, 5) is 7.78. The van der Waals surface area contributed by atoms with E-state index in [1.165, 1.54) is 5.56 Å². The smallest absolute Gasteiger partial charge is 0.128 e. The SMILES string of the molecule is COc1ccc(C(C)(C)C)cc1-c1nc(C)[nH]c1CN. The molecule has 0 radical (unpaired) electrons. The molecule has 0 bridgehead atoms. The van der Waals surface area contributed by atoms with Crippen molar-refractivity contribution in [3.05, 3.63) is 35.3 Å². The first-order valence-electron chi connectivity index (χ1n) is 6.81. The van der Waals surface area contributed by atoms with Crippen LogP contribution in [0.4, 0.5) is 0 Å². The van der Waals surface area contributed by atoms with E-state index in [1.54, 1.807) is 7.11 Å². The molecule has 0 saturated heterocycles. The third-order valence-electron chi connectivity index (χ3n) is 3.42. The van der Waals surface area contributed by atoms with Gasteiger partial charge in [-0.15, -0.1) is 0 Å². The number of rotatable bonds is 3. The average Bonchev–Trinajstić information content (AvgIpc) is 2.78. The minimum absolute atomic E-state index is 0.0786. The second-order valence-corrected chi connectivity index (χ2v) is 6.02. The largest absolute Gasteiger partial charge is 0.496 e. The van der Waals surface area contributed by atoms with Crippen LogP contribution in [0.3, 0.4) is 0 Å². The molecule has 3 N–H and O–H groups in total. The molecule has 0 amide bonds. The van der Waals surface area contributed by atoms with Crippen LogP contribution in [-0.2, 0) is 12.0 Å². The minimum atomic E-state index is 0.0786. The summed E-state index contributed by atoms with van der Waals surface area (Å²) in [6.45, 7) is 8.94. The first-order chi connectivity index (χ1) is 9.36. The van der Waals surface area contributed by atoms with Gasteiger partial charge in [-0.1, -0.05) is 26.8 Å². The fourth-order valence-corrected chi connectivity index (χ4v) is 2.27. The average molecular weight is 273 g/mol. The first kappa shape index (κ1) is 14.6. The van der Waals surface area contributed by atoms with Crippen molar-refractivity contribution in [2.45, 2.75) is 39.7 Å². The van der Waals surface area contributed by atoms with Gasteiger partial charge in [0.2, 0.25) is 0 Å². The van der Waals surface area contributed by atoms with Crippen molar-refractivity contribution in [2.75, 3.05) is 7.11 Å². The lowest BCUT2D eigenvalue weighted by molar-refractivity contribution is 0.415. The zero-order valence-corrected chi connectivity index (χ0v) is 12.9. The highest BCUT2D eigenvalue weighted by molar-refractivity contribution is 5.70. The van der Waals surface area contributed by atoms with E-state index < -0.39 is 0 Å². The minimum Gasteiger partial charge on any atom is -0.496 e. The number of benzene rings is 1. The topological polar surface area (TPSA) is 63.9 Å². The molecular formula is C16H23N3O. The van der Waals surface area contributed by atoms with Crippen LogP contribution in [0.15, 0.2) is 18.2 Å². The van der Waals surface area contributed by atoms with Crippen LogP contribution in [0, 0.1) is 6.92 Å². The normalized spacial score (nSPS) is 11.7. The van der Waals surface area contributed by atoms with E-state index in [2.05, 4.69) is 42.9 Å². The van der Waals surface area contributed by atoms with Crippen molar-refractivity contribution >= 4 is 0 Å². The summed E-state index contributed by atoms with van der Waals surface area (Å²) in [6, 6.07) is 6.25. The van der Waals surface area contributed by atoms with Crippen molar-refractivity contribution in [2.24, 2.45) is 5.73 Å². The number of ether oxygens (including phenoxy) is 1. The molecule has 0 unspecified atom stereocenters. The second-order valence-electron chi connectivity index (χ2n) is 6.02. The summed E-state index contributed by atoms with van der Waals surface area (Å²) in [7, 11) is 1.68. The van der Waals surface area contributed by atoms with Crippen molar-refractivity contribution in [3.8, 4) is 17.0 Å². The third kappa shape index (κ3) is 2.70. The molecule has 0 atom stereocenters. The van der Waals surface area contributed by atoms with Crippen LogP contribution >= 0.6 is 0 Å². The van der Waals surface area contributed by atoms with Crippen molar-refractivity contribution < 1.29 is 4.74 Å². The van der Waals surface area contributed by atoms with Crippen molar-refractivity contribution in [1.29, 1.82) is 0 Å². The maximum Gasteiger partial charge on any atom is 0.128 e. The van der Waals surface area contributed by atoms with Gasteiger partial charge in [0, 0.05) is 12.1 Å². The lowest BCUT2D eigenvalue weighted by atomic mass is 9.85. The maximum atomic E-state index is 5.80. The molecule has 0 saturated carbocycles. The molecule has 0 aliphatic heterocycles. The van der Waals surface area contributed by atoms with Gasteiger partial charge in [0.25, 0.3) is 0 Å². The zero-order chi connectivity index (χ0) is 14.9. The number of nitrogens with one attached hydrogen (secondary N) is 1. The van der Waals surface area contributed by atoms with E-state index in [-0.39, 0.29) is 5.41 Å². The molecule has 2 rings (SSSR count). The summed E-state index contributed by atoms with van der Waals surface area (Å²) in [5.74, 6) is 1.68. The number of nitrogens with zero attached hydrogens (tertiary/aromatic N) is 1. The first-order valence-corrected chi connectivity index (χ1v) is 6.81. The van der Waals surface area contributed by atoms with E-state index in [0.29, 0.717) is 6.54 Å². The van der Waals surface area contributed by atoms with Crippen LogP contribution in [-0.4, -0.2) is 17.1 Å². The molecule has 0 fully saturated rings. The van der Waals surface area contributed by atoms with Gasteiger partial charge in [-0.05, 0) is 30.0 Å². The molecule has 4 heteroatoms. The van der Waals surface area contributed by atoms with Gasteiger partial charge in [0.1, 0.15) is 11.6 Å². The van der Waals surface area contributed by atoms with Crippen LogP contribution < -0.4 is 10.5 Å². The van der Waals surface area contributed by atoms with Crippen LogP contribution in [0.2, 0.25) is 0 Å². The molecule has 4 nitrogen and oxygen atoms in total. The van der Waals surface area contributed by atoms with Gasteiger partial charge in [-0.3, -0.25) is 0 Å². The van der Waals surface area contributed by atoms with E-state index in [4.69, 9.17) is 10.5 Å². The molecular weight excluding hydrogens is 250 g/mol. The molecule has 20 heavy (non-hydrogen) atoms. The van der Waals surface area contributed by atoms with Crippen LogP contribution in [0.25, 0.3) is 11.3 Å². The molecule has 0 spiro atoms. The summed E-state index contributed by atoms with van der Waals surface area (Å²) >= 11 is 0. The lowest BCUT2D eigenvalue weighted by Gasteiger charge is -2.21. The Labute approximate surface area is 120 Å². The zero-order valence-electron chi connectivity index (χ0n) is 12.9. The molecule has 0 aliphatic carbocycles. The van der Waals surface area contributed by atoms with Crippen molar-refractivity contribution in [1.82, 2.24) is 9.97 Å². The summed E-state index contributed by atoms with van der Waals surface area (Å²) in [6.07, 6.45) is 0. The Hall–Kier alpha value is -1.81. The Morgan fingerprint density at radius 1 is 1.30 bits per heavy atom. The number of aromatic nitrogens is 2. The fourth-order valence-electron chi connectivity index (χ4n) is 2.27. The van der Waals surface area contributed by atoms with E-state index in [0.717, 1.165) is 28.5 Å². The highest BCUT2D eigenvalue weighted by atomic mass is 16.5. The molecule has 2 aromatic rings. The quantitative estimate of drug-likeness (QED) is 0.903. The van der Waals surface area contributed by atoms with Crippen molar-refractivity contribution in [3.63, 3.8) is 0 Å². The highest BCUT2D eigenvalue weighted by Crippen LogP contribution is 2.35. The Kier molecular flexibility index (Phi) is 3.86. The van der Waals surface area contributed by atoms with Gasteiger partial charge in [0.15, 0.2) is 0 Å². The molecule has 108 valence electrons. The van der Waals surface area contributed by atoms with Gasteiger partial charge in [-0.2, -0.15) is 0 Å². The van der Waals surface area contributed by atoms with E-state index in [9.17, 15) is 0 Å². The number of nitrogens with two attached hydrogens (primary N) is 1. The van der Waals surface area contributed by atoms with Gasteiger partial charge in [0.05, 0.1) is 18.5 Å². The Bertz CT molecular complexity index is 609. The number of methoxy groups -OCH3 is 1. The van der Waals surface area contributed by atoms with Gasteiger partial charge in [-0.25, -0.2) is 4.98 Å². The number of imidazole rings is 1. The predicted molar refractivity (Wildman–Crippen MR) is 81.9 cm³/mol. The van der Waals surface area contributed by atoms with Crippen LogP contribution in [0.1, 0.15) is 37.9 Å². The molecule has 1 heterocycles. The Morgan fingerprint density at radius 2 is 2.00 bits per heavy atom. The summed E-state index contributed by atoms with van der Waals surface area (Å²) < 4.78 is 5.48. The number of hydrogen-bond donors (Lipinski definition) is 2. The predicted octanol–water partition coefficient (Wildman–Crippen LogP) is 3.15.